The van der Waals surface area contributed by atoms with Gasteiger partial charge in [0.2, 0.25) is 5.91 Å². The number of rotatable bonds is 8. The van der Waals surface area contributed by atoms with E-state index in [9.17, 15) is 14.4 Å². The third kappa shape index (κ3) is 6.19. The van der Waals surface area contributed by atoms with Crippen LogP contribution in [-0.4, -0.2) is 47.2 Å². The Kier molecular flexibility index (Phi) is 6.27. The van der Waals surface area contributed by atoms with Crippen molar-refractivity contribution in [3.63, 3.8) is 0 Å². The summed E-state index contributed by atoms with van der Waals surface area (Å²) in [6.07, 6.45) is 1.67. The fraction of sp³-hybridized carbons (Fsp3) is 0.750. The molecule has 1 rings (SSSR count). The average molecular weight is 272 g/mol. The summed E-state index contributed by atoms with van der Waals surface area (Å²) < 4.78 is 0. The Morgan fingerprint density at radius 3 is 2.53 bits per heavy atom. The molecule has 0 aliphatic carbocycles. The minimum Gasteiger partial charge on any atom is -0.481 e. The fourth-order valence-corrected chi connectivity index (χ4v) is 2.09. The zero-order chi connectivity index (χ0) is 14.3. The van der Waals surface area contributed by atoms with E-state index in [2.05, 4.69) is 10.6 Å². The molecule has 1 fully saturated rings. The molecule has 1 heterocycles. The predicted molar refractivity (Wildman–Crippen MR) is 66.6 cm³/mol. The highest BCUT2D eigenvalue weighted by molar-refractivity contribution is 5.83. The Morgan fingerprint density at radius 1 is 1.26 bits per heavy atom. The Balaban J connectivity index is 2.29. The summed E-state index contributed by atoms with van der Waals surface area (Å²) in [6.45, 7) is 1.86. The second kappa shape index (κ2) is 7.73. The minimum absolute atomic E-state index is 0.0958. The molecule has 1 aliphatic heterocycles. The van der Waals surface area contributed by atoms with Gasteiger partial charge >= 0.3 is 11.9 Å². The van der Waals surface area contributed by atoms with Crippen LogP contribution in [0.1, 0.15) is 32.1 Å². The zero-order valence-electron chi connectivity index (χ0n) is 10.7. The Labute approximate surface area is 111 Å². The van der Waals surface area contributed by atoms with Gasteiger partial charge in [0.25, 0.3) is 0 Å². The third-order valence-electron chi connectivity index (χ3n) is 3.22. The maximum Gasteiger partial charge on any atom is 0.326 e. The summed E-state index contributed by atoms with van der Waals surface area (Å²) in [4.78, 5) is 32.9. The van der Waals surface area contributed by atoms with Gasteiger partial charge in [-0.15, -0.1) is 0 Å². The van der Waals surface area contributed by atoms with Gasteiger partial charge in [0.05, 0.1) is 0 Å². The highest BCUT2D eigenvalue weighted by Gasteiger charge is 2.22. The molecule has 1 unspecified atom stereocenters. The molecule has 2 atom stereocenters. The van der Waals surface area contributed by atoms with Crippen molar-refractivity contribution in [2.45, 2.75) is 38.1 Å². The normalized spacial score (nSPS) is 19.9. The maximum absolute atomic E-state index is 11.6. The van der Waals surface area contributed by atoms with Gasteiger partial charge in [0.1, 0.15) is 6.04 Å². The number of carboxylic acid groups (broad SMARTS) is 2. The average Bonchev–Trinajstić information content (AvgIpc) is 2.84. The predicted octanol–water partition coefficient (Wildman–Crippen LogP) is -0.190. The topological polar surface area (TPSA) is 116 Å². The number of amides is 1. The van der Waals surface area contributed by atoms with E-state index >= 15 is 0 Å². The van der Waals surface area contributed by atoms with Gasteiger partial charge in [-0.2, -0.15) is 0 Å². The smallest absolute Gasteiger partial charge is 0.326 e. The SMILES string of the molecule is O=C(O)CC[C@H](NC(=O)CCC1CCNC1)C(=O)O. The Bertz CT molecular complexity index is 339. The Morgan fingerprint density at radius 2 is 2.00 bits per heavy atom. The second-order valence-electron chi connectivity index (χ2n) is 4.79. The molecule has 1 aliphatic rings. The lowest BCUT2D eigenvalue weighted by molar-refractivity contribution is -0.143. The molecule has 7 nitrogen and oxygen atoms in total. The third-order valence-corrected chi connectivity index (χ3v) is 3.22. The van der Waals surface area contributed by atoms with Gasteiger partial charge in [-0.1, -0.05) is 0 Å². The van der Waals surface area contributed by atoms with Crippen molar-refractivity contribution in [3.05, 3.63) is 0 Å². The maximum atomic E-state index is 11.6. The van der Waals surface area contributed by atoms with Crippen LogP contribution in [0, 0.1) is 5.92 Å². The first kappa shape index (κ1) is 15.4. The number of carbonyl (C=O) groups excluding carboxylic acids is 1. The summed E-state index contributed by atoms with van der Waals surface area (Å²) in [5.74, 6) is -2.13. The highest BCUT2D eigenvalue weighted by atomic mass is 16.4. The summed E-state index contributed by atoms with van der Waals surface area (Å²) in [5, 5.41) is 23.0. The number of carbonyl (C=O) groups is 3. The van der Waals surface area contributed by atoms with Crippen LogP contribution in [0.25, 0.3) is 0 Å². The van der Waals surface area contributed by atoms with Crippen molar-refractivity contribution in [1.82, 2.24) is 10.6 Å². The summed E-state index contributed by atoms with van der Waals surface area (Å²) >= 11 is 0. The van der Waals surface area contributed by atoms with Gasteiger partial charge in [0.15, 0.2) is 0 Å². The molecule has 1 amide bonds. The summed E-state index contributed by atoms with van der Waals surface area (Å²) in [6, 6.07) is -1.12. The van der Waals surface area contributed by atoms with Crippen molar-refractivity contribution in [3.8, 4) is 0 Å². The van der Waals surface area contributed by atoms with Gasteiger partial charge in [-0.25, -0.2) is 4.79 Å². The largest absolute Gasteiger partial charge is 0.481 e. The standard InChI is InChI=1S/C12H20N2O5/c15-10(3-1-8-5-6-13-7-8)14-9(12(18)19)2-4-11(16)17/h8-9,13H,1-7H2,(H,14,15)(H,16,17)(H,18,19)/t8?,9-/m0/s1. The molecule has 0 radical (unpaired) electrons. The van der Waals surface area contributed by atoms with Gasteiger partial charge < -0.3 is 20.8 Å². The van der Waals surface area contributed by atoms with Crippen molar-refractivity contribution < 1.29 is 24.6 Å². The number of aliphatic carboxylic acids is 2. The number of hydrogen-bond donors (Lipinski definition) is 4. The lowest BCUT2D eigenvalue weighted by Gasteiger charge is -2.14. The quantitative estimate of drug-likeness (QED) is 0.487. The van der Waals surface area contributed by atoms with Crippen LogP contribution in [0.2, 0.25) is 0 Å². The molecule has 4 N–H and O–H groups in total. The van der Waals surface area contributed by atoms with E-state index in [1.807, 2.05) is 0 Å². The molecular weight excluding hydrogens is 252 g/mol. The Hall–Kier alpha value is -1.63. The van der Waals surface area contributed by atoms with Crippen molar-refractivity contribution >= 4 is 17.8 Å². The molecule has 0 saturated carbocycles. The van der Waals surface area contributed by atoms with E-state index in [1.54, 1.807) is 0 Å². The van der Waals surface area contributed by atoms with E-state index in [1.165, 1.54) is 0 Å². The van der Waals surface area contributed by atoms with Gasteiger partial charge in [-0.05, 0) is 38.3 Å². The first-order chi connectivity index (χ1) is 8.99. The van der Waals surface area contributed by atoms with Crippen LogP contribution in [0.15, 0.2) is 0 Å². The molecule has 108 valence electrons. The van der Waals surface area contributed by atoms with Gasteiger partial charge in [-0.3, -0.25) is 9.59 Å². The summed E-state index contributed by atoms with van der Waals surface area (Å²) in [7, 11) is 0. The lowest BCUT2D eigenvalue weighted by atomic mass is 10.0. The van der Waals surface area contributed by atoms with E-state index in [0.29, 0.717) is 5.92 Å². The molecule has 0 bridgehead atoms. The summed E-state index contributed by atoms with van der Waals surface area (Å²) in [5.41, 5.74) is 0. The lowest BCUT2D eigenvalue weighted by Crippen LogP contribution is -2.41. The molecule has 0 spiro atoms. The van der Waals surface area contributed by atoms with Crippen LogP contribution >= 0.6 is 0 Å². The van der Waals surface area contributed by atoms with E-state index in [4.69, 9.17) is 10.2 Å². The van der Waals surface area contributed by atoms with Crippen LogP contribution in [0.4, 0.5) is 0 Å². The number of nitrogens with one attached hydrogen (secondary N) is 2. The fourth-order valence-electron chi connectivity index (χ4n) is 2.09. The van der Waals surface area contributed by atoms with Crippen molar-refractivity contribution in [2.75, 3.05) is 13.1 Å². The molecule has 7 heteroatoms. The van der Waals surface area contributed by atoms with Gasteiger partial charge in [0, 0.05) is 12.8 Å². The second-order valence-corrected chi connectivity index (χ2v) is 4.79. The van der Waals surface area contributed by atoms with Crippen LogP contribution in [0.5, 0.6) is 0 Å². The first-order valence-corrected chi connectivity index (χ1v) is 6.43. The van der Waals surface area contributed by atoms with Crippen LogP contribution in [0.3, 0.4) is 0 Å². The monoisotopic (exact) mass is 272 g/mol. The van der Waals surface area contributed by atoms with Crippen LogP contribution in [-0.2, 0) is 14.4 Å². The number of carboxylic acids is 2. The molecule has 0 aromatic heterocycles. The molecule has 1 saturated heterocycles. The molecular formula is C12H20N2O5. The number of hydrogen-bond acceptors (Lipinski definition) is 4. The molecule has 19 heavy (non-hydrogen) atoms. The van der Waals surface area contributed by atoms with Crippen molar-refractivity contribution in [2.24, 2.45) is 5.92 Å². The first-order valence-electron chi connectivity index (χ1n) is 6.43. The van der Waals surface area contributed by atoms with Crippen molar-refractivity contribution in [1.29, 1.82) is 0 Å². The van der Waals surface area contributed by atoms with E-state index < -0.39 is 18.0 Å². The molecule has 0 aromatic rings. The molecule has 0 aromatic carbocycles. The zero-order valence-corrected chi connectivity index (χ0v) is 10.7. The highest BCUT2D eigenvalue weighted by Crippen LogP contribution is 2.14. The minimum atomic E-state index is -1.20. The van der Waals surface area contributed by atoms with E-state index in [0.717, 1.165) is 25.9 Å². The van der Waals surface area contributed by atoms with Crippen LogP contribution < -0.4 is 10.6 Å². The van der Waals surface area contributed by atoms with E-state index in [-0.39, 0.29) is 25.2 Å².